The van der Waals surface area contributed by atoms with E-state index in [1.807, 2.05) is 37.3 Å². The lowest BCUT2D eigenvalue weighted by molar-refractivity contribution is 0.0594. The quantitative estimate of drug-likeness (QED) is 0.244. The van der Waals surface area contributed by atoms with E-state index in [-0.39, 0.29) is 5.56 Å². The van der Waals surface area contributed by atoms with Gasteiger partial charge in [0.05, 0.1) is 37.6 Å². The number of hydrogen-bond donors (Lipinski definition) is 1. The normalized spacial score (nSPS) is 13.7. The van der Waals surface area contributed by atoms with Crippen LogP contribution in [-0.2, 0) is 9.47 Å². The standard InChI is InChI=1S/C23H29N3O4S/c1-2-28-13-14-29-15-16-31-23-25-20-9-11-24-21(20)22(27)26(23)18-5-7-19(8-6-18)30-12-10-17-3-4-17/h5-9,11,17,24H,2-4,10,12-16H2,1H3. The van der Waals surface area contributed by atoms with Crippen molar-refractivity contribution in [2.75, 3.05) is 38.8 Å². The lowest BCUT2D eigenvalue weighted by Crippen LogP contribution is -2.22. The van der Waals surface area contributed by atoms with Crippen LogP contribution in [0.4, 0.5) is 0 Å². The number of hydrogen-bond acceptors (Lipinski definition) is 6. The molecule has 166 valence electrons. The van der Waals surface area contributed by atoms with E-state index in [1.54, 1.807) is 10.8 Å². The number of benzene rings is 1. The van der Waals surface area contributed by atoms with Crippen LogP contribution in [0.15, 0.2) is 46.5 Å². The Kier molecular flexibility index (Phi) is 7.66. The second-order valence-corrected chi connectivity index (χ2v) is 8.57. The van der Waals surface area contributed by atoms with E-state index in [4.69, 9.17) is 19.2 Å². The molecule has 4 rings (SSSR count). The summed E-state index contributed by atoms with van der Waals surface area (Å²) in [5.74, 6) is 2.36. The van der Waals surface area contributed by atoms with E-state index in [1.165, 1.54) is 24.6 Å². The number of thioether (sulfide) groups is 1. The minimum absolute atomic E-state index is 0.114. The molecular weight excluding hydrogens is 414 g/mol. The molecule has 7 nitrogen and oxygen atoms in total. The van der Waals surface area contributed by atoms with Crippen molar-refractivity contribution < 1.29 is 14.2 Å². The van der Waals surface area contributed by atoms with E-state index in [0.717, 1.165) is 30.4 Å². The molecular formula is C23H29N3O4S. The fraction of sp³-hybridized carbons (Fsp3) is 0.478. The summed E-state index contributed by atoms with van der Waals surface area (Å²) in [6, 6.07) is 9.47. The Bertz CT molecular complexity index is 1030. The first-order chi connectivity index (χ1) is 15.3. The Morgan fingerprint density at radius 2 is 1.90 bits per heavy atom. The van der Waals surface area contributed by atoms with E-state index in [9.17, 15) is 4.79 Å². The molecule has 0 amide bonds. The lowest BCUT2D eigenvalue weighted by Gasteiger charge is -2.13. The van der Waals surface area contributed by atoms with Gasteiger partial charge in [-0.2, -0.15) is 0 Å². The first kappa shape index (κ1) is 21.9. The summed E-state index contributed by atoms with van der Waals surface area (Å²) in [7, 11) is 0. The van der Waals surface area contributed by atoms with Gasteiger partial charge in [-0.05, 0) is 49.6 Å². The molecule has 8 heteroatoms. The highest BCUT2D eigenvalue weighted by Crippen LogP contribution is 2.32. The Morgan fingerprint density at radius 3 is 2.68 bits per heavy atom. The first-order valence-corrected chi connectivity index (χ1v) is 11.9. The predicted molar refractivity (Wildman–Crippen MR) is 123 cm³/mol. The largest absolute Gasteiger partial charge is 0.494 e. The molecule has 0 unspecified atom stereocenters. The summed E-state index contributed by atoms with van der Waals surface area (Å²) in [4.78, 5) is 20.9. The molecule has 1 aliphatic carbocycles. The SMILES string of the molecule is CCOCCOCCSc1nc2cc[nH]c2c(=O)n1-c1ccc(OCCC2CC2)cc1. The van der Waals surface area contributed by atoms with Gasteiger partial charge in [-0.3, -0.25) is 9.36 Å². The van der Waals surface area contributed by atoms with Crippen molar-refractivity contribution in [3.63, 3.8) is 0 Å². The minimum Gasteiger partial charge on any atom is -0.494 e. The maximum absolute atomic E-state index is 13.2. The highest BCUT2D eigenvalue weighted by atomic mass is 32.2. The highest BCUT2D eigenvalue weighted by Gasteiger charge is 2.20. The van der Waals surface area contributed by atoms with Crippen molar-refractivity contribution in [3.05, 3.63) is 46.9 Å². The lowest BCUT2D eigenvalue weighted by atomic mass is 10.3. The summed E-state index contributed by atoms with van der Waals surface area (Å²) < 4.78 is 18.4. The van der Waals surface area contributed by atoms with Crippen molar-refractivity contribution in [1.82, 2.24) is 14.5 Å². The van der Waals surface area contributed by atoms with Crippen LogP contribution in [-0.4, -0.2) is 53.3 Å². The molecule has 1 saturated carbocycles. The molecule has 1 aromatic carbocycles. The van der Waals surface area contributed by atoms with Gasteiger partial charge in [0.15, 0.2) is 5.16 Å². The van der Waals surface area contributed by atoms with Crippen LogP contribution in [0.2, 0.25) is 0 Å². The summed E-state index contributed by atoms with van der Waals surface area (Å²) in [5.41, 5.74) is 1.82. The van der Waals surface area contributed by atoms with Crippen molar-refractivity contribution in [2.24, 2.45) is 5.92 Å². The zero-order valence-electron chi connectivity index (χ0n) is 17.8. The van der Waals surface area contributed by atoms with Gasteiger partial charge in [0.2, 0.25) is 0 Å². The molecule has 0 radical (unpaired) electrons. The number of aromatic amines is 1. The van der Waals surface area contributed by atoms with Crippen LogP contribution in [0.25, 0.3) is 16.7 Å². The third-order valence-corrected chi connectivity index (χ3v) is 6.07. The zero-order valence-corrected chi connectivity index (χ0v) is 18.7. The van der Waals surface area contributed by atoms with Crippen LogP contribution in [0.5, 0.6) is 5.75 Å². The second kappa shape index (κ2) is 10.8. The molecule has 2 heterocycles. The van der Waals surface area contributed by atoms with Crippen molar-refractivity contribution in [3.8, 4) is 11.4 Å². The zero-order chi connectivity index (χ0) is 21.5. The van der Waals surface area contributed by atoms with Crippen LogP contribution in [0.1, 0.15) is 26.2 Å². The van der Waals surface area contributed by atoms with Gasteiger partial charge >= 0.3 is 0 Å². The van der Waals surface area contributed by atoms with Gasteiger partial charge in [-0.15, -0.1) is 0 Å². The second-order valence-electron chi connectivity index (χ2n) is 7.51. The number of ether oxygens (including phenoxy) is 3. The van der Waals surface area contributed by atoms with E-state index in [0.29, 0.717) is 48.4 Å². The third-order valence-electron chi connectivity index (χ3n) is 5.17. The maximum Gasteiger partial charge on any atom is 0.283 e. The van der Waals surface area contributed by atoms with Crippen molar-refractivity contribution in [1.29, 1.82) is 0 Å². The van der Waals surface area contributed by atoms with E-state index < -0.39 is 0 Å². The number of H-pyrrole nitrogens is 1. The van der Waals surface area contributed by atoms with Gasteiger partial charge in [0.25, 0.3) is 5.56 Å². The van der Waals surface area contributed by atoms with Crippen molar-refractivity contribution >= 4 is 22.8 Å². The molecule has 3 aromatic rings. The molecule has 0 spiro atoms. The Morgan fingerprint density at radius 1 is 1.10 bits per heavy atom. The molecule has 1 fully saturated rings. The van der Waals surface area contributed by atoms with Gasteiger partial charge in [0.1, 0.15) is 11.3 Å². The predicted octanol–water partition coefficient (Wildman–Crippen LogP) is 4.04. The minimum atomic E-state index is -0.114. The number of nitrogens with zero attached hydrogens (tertiary/aromatic N) is 2. The monoisotopic (exact) mass is 443 g/mol. The average Bonchev–Trinajstić information content (AvgIpc) is 3.48. The van der Waals surface area contributed by atoms with E-state index >= 15 is 0 Å². The van der Waals surface area contributed by atoms with Gasteiger partial charge in [-0.25, -0.2) is 4.98 Å². The van der Waals surface area contributed by atoms with Gasteiger partial charge in [0, 0.05) is 18.6 Å². The maximum atomic E-state index is 13.2. The number of nitrogens with one attached hydrogen (secondary N) is 1. The van der Waals surface area contributed by atoms with Crippen LogP contribution >= 0.6 is 11.8 Å². The molecule has 0 bridgehead atoms. The van der Waals surface area contributed by atoms with E-state index in [2.05, 4.69) is 4.98 Å². The number of fused-ring (bicyclic) bond motifs is 1. The average molecular weight is 444 g/mol. The summed E-state index contributed by atoms with van der Waals surface area (Å²) in [5, 5.41) is 0.646. The summed E-state index contributed by atoms with van der Waals surface area (Å²) >= 11 is 1.51. The fourth-order valence-electron chi connectivity index (χ4n) is 3.30. The fourth-order valence-corrected chi connectivity index (χ4v) is 4.16. The highest BCUT2D eigenvalue weighted by molar-refractivity contribution is 7.99. The van der Waals surface area contributed by atoms with Crippen LogP contribution in [0, 0.1) is 5.92 Å². The molecule has 0 aliphatic heterocycles. The van der Waals surface area contributed by atoms with Gasteiger partial charge in [-0.1, -0.05) is 24.6 Å². The Labute approximate surface area is 186 Å². The first-order valence-electron chi connectivity index (χ1n) is 10.9. The Hall–Kier alpha value is -2.29. The smallest absolute Gasteiger partial charge is 0.283 e. The molecule has 1 aliphatic rings. The number of rotatable bonds is 13. The molecule has 0 atom stereocenters. The topological polar surface area (TPSA) is 78.4 Å². The van der Waals surface area contributed by atoms with Crippen molar-refractivity contribution in [2.45, 2.75) is 31.3 Å². The van der Waals surface area contributed by atoms with Crippen LogP contribution < -0.4 is 10.3 Å². The molecule has 1 N–H and O–H groups in total. The summed E-state index contributed by atoms with van der Waals surface area (Å²) in [6.45, 7) is 5.11. The van der Waals surface area contributed by atoms with Crippen LogP contribution in [0.3, 0.4) is 0 Å². The van der Waals surface area contributed by atoms with Gasteiger partial charge < -0.3 is 19.2 Å². The molecule has 0 saturated heterocycles. The third kappa shape index (κ3) is 5.90. The summed E-state index contributed by atoms with van der Waals surface area (Å²) in [6.07, 6.45) is 5.52. The number of aromatic nitrogens is 3. The Balaban J connectivity index is 1.46. The molecule has 2 aromatic heterocycles. The molecule has 31 heavy (non-hydrogen) atoms.